The van der Waals surface area contributed by atoms with Crippen molar-refractivity contribution in [1.82, 2.24) is 0 Å². The summed E-state index contributed by atoms with van der Waals surface area (Å²) < 4.78 is 16.7. The Balaban J connectivity index is 4.51. The van der Waals surface area contributed by atoms with Crippen LogP contribution in [0.2, 0.25) is 0 Å². The number of ether oxygens (including phenoxy) is 3. The van der Waals surface area contributed by atoms with Crippen LogP contribution in [0, 0.1) is 0 Å². The number of esters is 3. The van der Waals surface area contributed by atoms with E-state index in [2.05, 4.69) is 57.2 Å². The number of rotatable bonds is 50. The summed E-state index contributed by atoms with van der Waals surface area (Å²) in [6.07, 6.45) is 48.9. The highest BCUT2D eigenvalue weighted by atomic mass is 16.6. The van der Waals surface area contributed by atoms with Gasteiger partial charge in [-0.3, -0.25) is 14.4 Å². The quantitative estimate of drug-likeness (QED) is 0.0235. The molecule has 0 aliphatic rings. The Hall–Kier alpha value is -2.49. The second-order valence-corrected chi connectivity index (χ2v) is 19.0. The molecule has 4 unspecified atom stereocenters. The largest absolute Gasteiger partial charge is 0.462 e. The van der Waals surface area contributed by atoms with Gasteiger partial charge in [0.05, 0.1) is 18.3 Å². The Morgan fingerprint density at radius 1 is 0.364 bits per heavy atom. The molecule has 0 rings (SSSR count). The van der Waals surface area contributed by atoms with Gasteiger partial charge in [0.2, 0.25) is 0 Å². The molecule has 9 heteroatoms. The lowest BCUT2D eigenvalue weighted by atomic mass is 10.1. The van der Waals surface area contributed by atoms with Crippen molar-refractivity contribution in [1.29, 1.82) is 0 Å². The number of aliphatic hydroxyl groups is 3. The third-order valence-corrected chi connectivity index (χ3v) is 12.3. The monoisotopic (exact) mass is 933 g/mol. The Morgan fingerprint density at radius 2 is 0.652 bits per heavy atom. The number of hydrogen-bond donors (Lipinski definition) is 3. The molecular weight excluding hydrogens is 829 g/mol. The van der Waals surface area contributed by atoms with Gasteiger partial charge in [0.25, 0.3) is 0 Å². The summed E-state index contributed by atoms with van der Waals surface area (Å²) >= 11 is 0. The molecule has 0 bridgehead atoms. The number of allylic oxidation sites excluding steroid dienone is 3. The van der Waals surface area contributed by atoms with Crippen LogP contribution in [0.5, 0.6) is 0 Å². The van der Waals surface area contributed by atoms with Crippen LogP contribution in [0.15, 0.2) is 36.5 Å². The van der Waals surface area contributed by atoms with Crippen LogP contribution in [0.4, 0.5) is 0 Å². The summed E-state index contributed by atoms with van der Waals surface area (Å²) in [5.41, 5.74) is 0. The molecule has 0 aromatic carbocycles. The smallest absolute Gasteiger partial charge is 0.306 e. The summed E-state index contributed by atoms with van der Waals surface area (Å²) in [7, 11) is 0. The molecule has 0 radical (unpaired) electrons. The SMILES string of the molecule is CCCCCCC(O)C/C=C\CCCCCCCC(=O)OCC(COC(=O)CCCCCCC/C=C/CC(O)CCCCCC)OC(=O)CCCCCCC/C=C\CC(O)CCCCCC. The summed E-state index contributed by atoms with van der Waals surface area (Å²) in [5.74, 6) is -1.04. The van der Waals surface area contributed by atoms with Gasteiger partial charge in [-0.1, -0.05) is 192 Å². The molecule has 386 valence electrons. The highest BCUT2D eigenvalue weighted by Crippen LogP contribution is 2.15. The van der Waals surface area contributed by atoms with E-state index in [1.807, 2.05) is 0 Å². The molecule has 0 amide bonds. The van der Waals surface area contributed by atoms with Crippen LogP contribution in [-0.2, 0) is 28.6 Å². The topological polar surface area (TPSA) is 140 Å². The molecule has 0 aliphatic heterocycles. The number of carbonyl (C=O) groups excluding carboxylic acids is 3. The second-order valence-electron chi connectivity index (χ2n) is 19.0. The number of unbranched alkanes of at least 4 members (excludes halogenated alkanes) is 24. The summed E-state index contributed by atoms with van der Waals surface area (Å²) in [4.78, 5) is 38.1. The molecule has 0 fully saturated rings. The number of hydrogen-bond acceptors (Lipinski definition) is 9. The lowest BCUT2D eigenvalue weighted by molar-refractivity contribution is -0.167. The maximum atomic E-state index is 12.8. The minimum Gasteiger partial charge on any atom is -0.462 e. The van der Waals surface area contributed by atoms with Crippen LogP contribution in [0.1, 0.15) is 271 Å². The van der Waals surface area contributed by atoms with E-state index in [1.165, 1.54) is 57.8 Å². The fourth-order valence-corrected chi connectivity index (χ4v) is 7.95. The van der Waals surface area contributed by atoms with E-state index in [9.17, 15) is 29.7 Å². The first-order valence-electron chi connectivity index (χ1n) is 27.7. The number of aliphatic hydroxyl groups excluding tert-OH is 3. The minimum absolute atomic E-state index is 0.132. The van der Waals surface area contributed by atoms with Crippen molar-refractivity contribution in [2.24, 2.45) is 0 Å². The van der Waals surface area contributed by atoms with Crippen LogP contribution < -0.4 is 0 Å². The van der Waals surface area contributed by atoms with Gasteiger partial charge in [-0.05, 0) is 96.3 Å². The molecule has 0 aromatic rings. The van der Waals surface area contributed by atoms with E-state index < -0.39 is 6.10 Å². The van der Waals surface area contributed by atoms with Crippen molar-refractivity contribution in [2.75, 3.05) is 13.2 Å². The fraction of sp³-hybridized carbons (Fsp3) is 0.842. The molecule has 4 atom stereocenters. The molecule has 3 N–H and O–H groups in total. The average molecular weight is 933 g/mol. The molecule has 0 aromatic heterocycles. The van der Waals surface area contributed by atoms with Crippen LogP contribution in [0.25, 0.3) is 0 Å². The van der Waals surface area contributed by atoms with Crippen LogP contribution in [0.3, 0.4) is 0 Å². The molecule has 9 nitrogen and oxygen atoms in total. The van der Waals surface area contributed by atoms with Gasteiger partial charge in [0.15, 0.2) is 6.10 Å². The Kier molecular flexibility index (Phi) is 48.5. The van der Waals surface area contributed by atoms with Crippen molar-refractivity contribution < 1.29 is 43.9 Å². The molecule has 0 heterocycles. The standard InChI is InChI=1S/C57H104O9/c1-4-7-10-31-40-51(58)43-34-25-19-13-16-22-28-37-46-55(61)64-49-54(66-57(63)48-39-30-24-18-15-21-27-36-45-53(60)42-33-12-9-6-3)50-65-56(62)47-38-29-23-17-14-20-26-35-44-52(59)41-32-11-8-5-2/h25-27,34-36,51-54,58-60H,4-24,28-33,37-50H2,1-3H3/b34-25-,35-26+,36-27-. The van der Waals surface area contributed by atoms with Crippen molar-refractivity contribution in [2.45, 2.75) is 296 Å². The van der Waals surface area contributed by atoms with Gasteiger partial charge in [-0.15, -0.1) is 0 Å². The van der Waals surface area contributed by atoms with Crippen molar-refractivity contribution >= 4 is 17.9 Å². The summed E-state index contributed by atoms with van der Waals surface area (Å²) in [5, 5.41) is 30.4. The fourth-order valence-electron chi connectivity index (χ4n) is 7.95. The van der Waals surface area contributed by atoms with Gasteiger partial charge in [0, 0.05) is 19.3 Å². The van der Waals surface area contributed by atoms with Crippen molar-refractivity contribution in [3.05, 3.63) is 36.5 Å². The summed E-state index contributed by atoms with van der Waals surface area (Å²) in [6, 6.07) is 0. The highest BCUT2D eigenvalue weighted by molar-refractivity contribution is 5.71. The van der Waals surface area contributed by atoms with Crippen molar-refractivity contribution in [3.63, 3.8) is 0 Å². The van der Waals surface area contributed by atoms with Gasteiger partial charge in [0.1, 0.15) is 13.2 Å². The zero-order valence-electron chi connectivity index (χ0n) is 43.1. The first-order chi connectivity index (χ1) is 32.2. The van der Waals surface area contributed by atoms with E-state index in [0.29, 0.717) is 19.3 Å². The molecular formula is C57H104O9. The minimum atomic E-state index is -0.836. The Labute approximate surface area is 405 Å². The number of carbonyl (C=O) groups is 3. The zero-order valence-corrected chi connectivity index (χ0v) is 43.1. The predicted molar refractivity (Wildman–Crippen MR) is 274 cm³/mol. The third kappa shape index (κ3) is 48.0. The van der Waals surface area contributed by atoms with Crippen LogP contribution in [-0.4, -0.2) is 70.9 Å². The lowest BCUT2D eigenvalue weighted by Crippen LogP contribution is -2.30. The van der Waals surface area contributed by atoms with Gasteiger partial charge >= 0.3 is 17.9 Å². The van der Waals surface area contributed by atoms with Gasteiger partial charge in [-0.2, -0.15) is 0 Å². The average Bonchev–Trinajstić information content (AvgIpc) is 3.30. The van der Waals surface area contributed by atoms with Gasteiger partial charge < -0.3 is 29.5 Å². The maximum Gasteiger partial charge on any atom is 0.306 e. The Morgan fingerprint density at radius 3 is 0.985 bits per heavy atom. The lowest BCUT2D eigenvalue weighted by Gasteiger charge is -2.18. The molecule has 0 spiro atoms. The predicted octanol–water partition coefficient (Wildman–Crippen LogP) is 15.0. The Bertz CT molecular complexity index is 1110. The first-order valence-corrected chi connectivity index (χ1v) is 27.7. The van der Waals surface area contributed by atoms with Crippen LogP contribution >= 0.6 is 0 Å². The molecule has 66 heavy (non-hydrogen) atoms. The van der Waals surface area contributed by atoms with E-state index in [4.69, 9.17) is 14.2 Å². The third-order valence-electron chi connectivity index (χ3n) is 12.3. The zero-order chi connectivity index (χ0) is 48.4. The van der Waals surface area contributed by atoms with Gasteiger partial charge in [-0.25, -0.2) is 0 Å². The second kappa shape index (κ2) is 50.4. The van der Waals surface area contributed by atoms with E-state index in [-0.39, 0.29) is 55.9 Å². The molecule has 0 saturated heterocycles. The molecule has 0 saturated carbocycles. The van der Waals surface area contributed by atoms with Crippen molar-refractivity contribution in [3.8, 4) is 0 Å². The van der Waals surface area contributed by atoms with E-state index in [1.54, 1.807) is 0 Å². The highest BCUT2D eigenvalue weighted by Gasteiger charge is 2.19. The van der Waals surface area contributed by atoms with E-state index >= 15 is 0 Å². The first kappa shape index (κ1) is 63.5. The summed E-state index contributed by atoms with van der Waals surface area (Å²) in [6.45, 7) is 6.33. The van der Waals surface area contributed by atoms with E-state index in [0.717, 1.165) is 167 Å². The maximum absolute atomic E-state index is 12.8. The molecule has 0 aliphatic carbocycles. The normalized spacial score (nSPS) is 13.7.